The number of carbonyl (C=O) groups excluding carboxylic acids is 1. The number of hydrogen-bond donors (Lipinski definition) is 0. The highest BCUT2D eigenvalue weighted by molar-refractivity contribution is 7.99. The second-order valence-corrected chi connectivity index (χ2v) is 8.63. The van der Waals surface area contributed by atoms with Crippen LogP contribution < -0.4 is 0 Å². The summed E-state index contributed by atoms with van der Waals surface area (Å²) in [7, 11) is 0. The van der Waals surface area contributed by atoms with Crippen molar-refractivity contribution in [3.63, 3.8) is 0 Å². The first-order chi connectivity index (χ1) is 11.8. The van der Waals surface area contributed by atoms with Crippen molar-refractivity contribution in [1.82, 2.24) is 15.2 Å². The molecule has 1 fully saturated rings. The highest BCUT2D eigenvalue weighted by Gasteiger charge is 2.61. The van der Waals surface area contributed by atoms with Crippen LogP contribution in [0.15, 0.2) is 29.4 Å². The Balaban J connectivity index is 1.53. The standard InChI is InChI=1S/C19H20FN3OS/c1-18(2)13-8-9-19(18,3)16-15(13)22-23-17(21-16)25-10-14(24)11-4-6-12(20)7-5-11/h4-7,13H,8-10H2,1-3H3/t13-,19-/m0/s1. The minimum absolute atomic E-state index is 0.0270. The van der Waals surface area contributed by atoms with Gasteiger partial charge >= 0.3 is 0 Å². The van der Waals surface area contributed by atoms with Crippen LogP contribution >= 0.6 is 11.8 Å². The number of carbonyl (C=O) groups is 1. The Labute approximate surface area is 150 Å². The van der Waals surface area contributed by atoms with Crippen LogP contribution in [-0.2, 0) is 5.41 Å². The van der Waals surface area contributed by atoms with Crippen molar-refractivity contribution in [1.29, 1.82) is 0 Å². The molecular formula is C19H20FN3OS. The molecule has 4 nitrogen and oxygen atoms in total. The van der Waals surface area contributed by atoms with Crippen molar-refractivity contribution in [2.24, 2.45) is 5.41 Å². The number of nitrogens with zero attached hydrogens (tertiary/aromatic N) is 3. The molecule has 0 amide bonds. The molecular weight excluding hydrogens is 337 g/mol. The van der Waals surface area contributed by atoms with Crippen molar-refractivity contribution in [3.05, 3.63) is 47.0 Å². The van der Waals surface area contributed by atoms with Gasteiger partial charge in [-0.2, -0.15) is 5.10 Å². The molecule has 0 aliphatic heterocycles. The molecule has 0 saturated heterocycles. The van der Waals surface area contributed by atoms with Crippen LogP contribution in [0.25, 0.3) is 0 Å². The highest BCUT2D eigenvalue weighted by atomic mass is 32.2. The van der Waals surface area contributed by atoms with Gasteiger partial charge in [0, 0.05) is 16.9 Å². The summed E-state index contributed by atoms with van der Waals surface area (Å²) in [5.41, 5.74) is 2.76. The molecule has 0 N–H and O–H groups in total. The van der Waals surface area contributed by atoms with E-state index >= 15 is 0 Å². The molecule has 2 bridgehead atoms. The molecule has 2 aliphatic carbocycles. The number of hydrogen-bond acceptors (Lipinski definition) is 5. The predicted octanol–water partition coefficient (Wildman–Crippen LogP) is 4.16. The highest BCUT2D eigenvalue weighted by Crippen LogP contribution is 2.66. The van der Waals surface area contributed by atoms with Crippen molar-refractivity contribution in [3.8, 4) is 0 Å². The third-order valence-corrected chi connectivity index (χ3v) is 7.11. The zero-order valence-corrected chi connectivity index (χ0v) is 15.4. The first-order valence-corrected chi connectivity index (χ1v) is 9.48. The molecule has 1 aromatic heterocycles. The Morgan fingerprint density at radius 2 is 1.96 bits per heavy atom. The summed E-state index contributed by atoms with van der Waals surface area (Å²) in [5, 5.41) is 9.23. The second kappa shape index (κ2) is 5.59. The van der Waals surface area contributed by atoms with E-state index in [0.29, 0.717) is 16.6 Å². The third kappa shape index (κ3) is 2.41. The fourth-order valence-corrected chi connectivity index (χ4v) is 4.95. The third-order valence-electron chi connectivity index (χ3n) is 6.27. The van der Waals surface area contributed by atoms with Gasteiger partial charge in [-0.05, 0) is 42.5 Å². The van der Waals surface area contributed by atoms with Crippen LogP contribution in [0.1, 0.15) is 61.3 Å². The van der Waals surface area contributed by atoms with Gasteiger partial charge in [0.05, 0.1) is 17.1 Å². The average Bonchev–Trinajstić information content (AvgIpc) is 2.92. The summed E-state index contributed by atoms with van der Waals surface area (Å²) in [6.07, 6.45) is 2.26. The fraction of sp³-hybridized carbons (Fsp3) is 0.474. The topological polar surface area (TPSA) is 55.7 Å². The normalized spacial score (nSPS) is 25.8. The first kappa shape index (κ1) is 16.6. The smallest absolute Gasteiger partial charge is 0.209 e. The van der Waals surface area contributed by atoms with Gasteiger partial charge in [-0.3, -0.25) is 4.79 Å². The first-order valence-electron chi connectivity index (χ1n) is 8.49. The van der Waals surface area contributed by atoms with E-state index in [1.54, 1.807) is 0 Å². The number of fused-ring (bicyclic) bond motifs is 5. The molecule has 1 heterocycles. The Kier molecular flexibility index (Phi) is 3.72. The fourth-order valence-electron chi connectivity index (χ4n) is 4.27. The Morgan fingerprint density at radius 1 is 1.24 bits per heavy atom. The van der Waals surface area contributed by atoms with E-state index in [9.17, 15) is 9.18 Å². The number of benzene rings is 1. The zero-order valence-electron chi connectivity index (χ0n) is 14.5. The van der Waals surface area contributed by atoms with Crippen molar-refractivity contribution in [2.75, 3.05) is 5.75 Å². The number of ketones is 1. The summed E-state index contributed by atoms with van der Waals surface area (Å²) < 4.78 is 13.0. The number of thioether (sulfide) groups is 1. The minimum atomic E-state index is -0.346. The molecule has 6 heteroatoms. The van der Waals surface area contributed by atoms with Gasteiger partial charge in [0.2, 0.25) is 5.16 Å². The molecule has 2 aliphatic rings. The van der Waals surface area contributed by atoms with Crippen LogP contribution in [0.5, 0.6) is 0 Å². The van der Waals surface area contributed by atoms with Crippen LogP contribution in [0.3, 0.4) is 0 Å². The van der Waals surface area contributed by atoms with Gasteiger partial charge in [-0.1, -0.05) is 32.5 Å². The van der Waals surface area contributed by atoms with Crippen molar-refractivity contribution < 1.29 is 9.18 Å². The Bertz CT molecular complexity index is 852. The van der Waals surface area contributed by atoms with E-state index in [-0.39, 0.29) is 28.2 Å². The molecule has 4 rings (SSSR count). The summed E-state index contributed by atoms with van der Waals surface area (Å²) in [6.45, 7) is 6.85. The molecule has 0 spiro atoms. The minimum Gasteiger partial charge on any atom is -0.293 e. The molecule has 2 aromatic rings. The molecule has 130 valence electrons. The zero-order chi connectivity index (χ0) is 17.8. The Morgan fingerprint density at radius 3 is 2.68 bits per heavy atom. The largest absolute Gasteiger partial charge is 0.293 e. The summed E-state index contributed by atoms with van der Waals surface area (Å²) in [4.78, 5) is 17.0. The van der Waals surface area contributed by atoms with Crippen LogP contribution in [0.4, 0.5) is 4.39 Å². The summed E-state index contributed by atoms with van der Waals surface area (Å²) >= 11 is 1.29. The number of Topliss-reactive ketones (excluding diaryl/α,β-unsaturated/α-hetero) is 1. The van der Waals surface area contributed by atoms with E-state index in [1.165, 1.54) is 36.0 Å². The van der Waals surface area contributed by atoms with E-state index in [1.807, 2.05) is 0 Å². The van der Waals surface area contributed by atoms with Gasteiger partial charge in [0.25, 0.3) is 0 Å². The molecule has 1 saturated carbocycles. The second-order valence-electron chi connectivity index (χ2n) is 7.69. The molecule has 1 aromatic carbocycles. The van der Waals surface area contributed by atoms with Gasteiger partial charge in [-0.25, -0.2) is 9.37 Å². The van der Waals surface area contributed by atoms with E-state index in [0.717, 1.165) is 24.2 Å². The van der Waals surface area contributed by atoms with Gasteiger partial charge < -0.3 is 0 Å². The van der Waals surface area contributed by atoms with Crippen molar-refractivity contribution >= 4 is 17.5 Å². The maximum Gasteiger partial charge on any atom is 0.209 e. The van der Waals surface area contributed by atoms with E-state index in [4.69, 9.17) is 4.98 Å². The monoisotopic (exact) mass is 357 g/mol. The average molecular weight is 357 g/mol. The van der Waals surface area contributed by atoms with Gasteiger partial charge in [0.1, 0.15) is 5.82 Å². The van der Waals surface area contributed by atoms with E-state index < -0.39 is 0 Å². The lowest BCUT2D eigenvalue weighted by Crippen LogP contribution is -2.32. The number of rotatable bonds is 4. The number of halogens is 1. The molecule has 2 atom stereocenters. The van der Waals surface area contributed by atoms with Gasteiger partial charge in [-0.15, -0.1) is 5.10 Å². The van der Waals surface area contributed by atoms with Gasteiger partial charge in [0.15, 0.2) is 5.78 Å². The molecule has 25 heavy (non-hydrogen) atoms. The lowest BCUT2D eigenvalue weighted by atomic mass is 9.70. The summed E-state index contributed by atoms with van der Waals surface area (Å²) in [5.74, 6) is 0.228. The lowest BCUT2D eigenvalue weighted by molar-refractivity contribution is 0.102. The molecule has 0 radical (unpaired) electrons. The maximum absolute atomic E-state index is 13.0. The van der Waals surface area contributed by atoms with Crippen LogP contribution in [0, 0.1) is 11.2 Å². The summed E-state index contributed by atoms with van der Waals surface area (Å²) in [6, 6.07) is 5.60. The Hall–Kier alpha value is -1.82. The van der Waals surface area contributed by atoms with Crippen molar-refractivity contribution in [2.45, 2.75) is 50.1 Å². The quantitative estimate of drug-likeness (QED) is 0.607. The van der Waals surface area contributed by atoms with Crippen LogP contribution in [-0.4, -0.2) is 26.7 Å². The van der Waals surface area contributed by atoms with Crippen LogP contribution in [0.2, 0.25) is 0 Å². The van der Waals surface area contributed by atoms with E-state index in [2.05, 4.69) is 31.0 Å². The maximum atomic E-state index is 13.0. The molecule has 0 unspecified atom stereocenters. The predicted molar refractivity (Wildman–Crippen MR) is 94.4 cm³/mol. The number of aromatic nitrogens is 3. The lowest BCUT2D eigenvalue weighted by Gasteiger charge is -2.33. The SMILES string of the molecule is CC1(C)[C@H]2CC[C@@]1(C)c1nc(SCC(=O)c3ccc(F)cc3)nnc12.